The summed E-state index contributed by atoms with van der Waals surface area (Å²) in [5, 5.41) is -0.0330. The molecule has 0 spiro atoms. The molecule has 0 saturated heterocycles. The fourth-order valence-electron chi connectivity index (χ4n) is 2.55. The lowest BCUT2D eigenvalue weighted by atomic mass is 9.75. The number of allylic oxidation sites excluding steroid dienone is 2. The van der Waals surface area contributed by atoms with Gasteiger partial charge in [0.2, 0.25) is 0 Å². The van der Waals surface area contributed by atoms with Crippen molar-refractivity contribution >= 4 is 17.2 Å². The monoisotopic (exact) mass is 268 g/mol. The van der Waals surface area contributed by atoms with Gasteiger partial charge in [-0.05, 0) is 29.9 Å². The number of benzene rings is 1. The molecule has 0 fully saturated rings. The highest BCUT2D eigenvalue weighted by Crippen LogP contribution is 2.42. The highest BCUT2D eigenvalue weighted by atomic mass is 35.5. The molecule has 0 bridgehead atoms. The molecule has 18 heavy (non-hydrogen) atoms. The minimum absolute atomic E-state index is 0.0330. The third-order valence-corrected chi connectivity index (χ3v) is 3.61. The molecule has 1 aliphatic carbocycles. The maximum atomic E-state index is 14.2. The summed E-state index contributed by atoms with van der Waals surface area (Å²) >= 11 is 6.24. The third kappa shape index (κ3) is 2.69. The number of hydrogen-bond donors (Lipinski definition) is 0. The van der Waals surface area contributed by atoms with Gasteiger partial charge < -0.3 is 4.74 Å². The lowest BCUT2D eigenvalue weighted by Gasteiger charge is -2.32. The molecular weight excluding hydrogens is 251 g/mol. The zero-order chi connectivity index (χ0) is 13.3. The van der Waals surface area contributed by atoms with Crippen LogP contribution in [0.15, 0.2) is 24.3 Å². The molecule has 1 aromatic carbocycles. The summed E-state index contributed by atoms with van der Waals surface area (Å²) in [5.74, 6) is -0.0179. The van der Waals surface area contributed by atoms with Crippen molar-refractivity contribution in [2.45, 2.75) is 32.1 Å². The topological polar surface area (TPSA) is 9.23 Å². The minimum Gasteiger partial charge on any atom is -0.494 e. The molecule has 1 aromatic rings. The van der Waals surface area contributed by atoms with Crippen molar-refractivity contribution in [3.05, 3.63) is 35.7 Å². The van der Waals surface area contributed by atoms with Crippen LogP contribution in [-0.4, -0.2) is 12.5 Å². The summed E-state index contributed by atoms with van der Waals surface area (Å²) in [4.78, 5) is 0. The summed E-state index contributed by atoms with van der Waals surface area (Å²) < 4.78 is 19.2. The van der Waals surface area contributed by atoms with Crippen LogP contribution in [0.1, 0.15) is 32.3 Å². The fraction of sp³-hybridized carbons (Fsp3) is 0.467. The zero-order valence-corrected chi connectivity index (χ0v) is 11.7. The van der Waals surface area contributed by atoms with E-state index in [4.69, 9.17) is 16.3 Å². The lowest BCUT2D eigenvalue weighted by molar-refractivity contribution is 0.339. The highest BCUT2D eigenvalue weighted by Gasteiger charge is 2.29. The number of ether oxygens (including phenoxy) is 1. The van der Waals surface area contributed by atoms with Gasteiger partial charge in [-0.2, -0.15) is 0 Å². The first kappa shape index (κ1) is 13.4. The molecule has 0 amide bonds. The Kier molecular flexibility index (Phi) is 3.67. The molecule has 0 N–H and O–H groups in total. The zero-order valence-electron chi connectivity index (χ0n) is 11.0. The van der Waals surface area contributed by atoms with Crippen molar-refractivity contribution in [1.29, 1.82) is 0 Å². The predicted octanol–water partition coefficient (Wildman–Crippen LogP) is 4.65. The fourth-order valence-corrected chi connectivity index (χ4v) is 3.12. The van der Waals surface area contributed by atoms with E-state index in [-0.39, 0.29) is 22.4 Å². The average Bonchev–Trinajstić information content (AvgIpc) is 2.26. The van der Waals surface area contributed by atoms with Crippen LogP contribution in [0.25, 0.3) is 5.57 Å². The van der Waals surface area contributed by atoms with E-state index in [9.17, 15) is 4.39 Å². The van der Waals surface area contributed by atoms with E-state index in [0.717, 1.165) is 18.4 Å². The normalized spacial score (nSPS) is 22.5. The summed E-state index contributed by atoms with van der Waals surface area (Å²) in [6.45, 7) is 4.32. The van der Waals surface area contributed by atoms with Gasteiger partial charge in [-0.25, -0.2) is 4.39 Å². The van der Waals surface area contributed by atoms with Gasteiger partial charge in [-0.15, -0.1) is 11.6 Å². The van der Waals surface area contributed by atoms with Gasteiger partial charge in [-0.1, -0.05) is 32.1 Å². The van der Waals surface area contributed by atoms with Gasteiger partial charge in [0.1, 0.15) is 0 Å². The molecule has 1 atom stereocenters. The lowest BCUT2D eigenvalue weighted by Crippen LogP contribution is -2.22. The predicted molar refractivity (Wildman–Crippen MR) is 73.6 cm³/mol. The molecule has 1 aliphatic rings. The standard InChI is InChI=1S/C15H18ClFO/c1-15(2)8-10(7-11(16)9-15)12-5-4-6-13(18-3)14(12)17/h4-7,11H,8-9H2,1-3H3. The highest BCUT2D eigenvalue weighted by molar-refractivity contribution is 6.22. The molecule has 0 aliphatic heterocycles. The summed E-state index contributed by atoms with van der Waals surface area (Å²) in [5.41, 5.74) is 1.68. The molecule has 98 valence electrons. The van der Waals surface area contributed by atoms with Crippen LogP contribution in [0.5, 0.6) is 5.75 Å². The molecule has 0 aromatic heterocycles. The molecular formula is C15H18ClFO. The number of hydrogen-bond acceptors (Lipinski definition) is 1. The SMILES string of the molecule is COc1cccc(C2=CC(Cl)CC(C)(C)C2)c1F. The number of halogens is 2. The second-order valence-corrected chi connectivity index (χ2v) is 6.14. The number of alkyl halides is 1. The van der Waals surface area contributed by atoms with Crippen LogP contribution in [0.4, 0.5) is 4.39 Å². The second kappa shape index (κ2) is 4.93. The number of methoxy groups -OCH3 is 1. The first-order valence-corrected chi connectivity index (χ1v) is 6.54. The van der Waals surface area contributed by atoms with Crippen molar-refractivity contribution in [2.24, 2.45) is 5.41 Å². The average molecular weight is 269 g/mol. The van der Waals surface area contributed by atoms with E-state index in [1.165, 1.54) is 7.11 Å². The van der Waals surface area contributed by atoms with Gasteiger partial charge in [0.15, 0.2) is 11.6 Å². The Morgan fingerprint density at radius 3 is 2.72 bits per heavy atom. The van der Waals surface area contributed by atoms with Crippen molar-refractivity contribution < 1.29 is 9.13 Å². The molecule has 0 heterocycles. The smallest absolute Gasteiger partial charge is 0.172 e. The van der Waals surface area contributed by atoms with Gasteiger partial charge in [-0.3, -0.25) is 0 Å². The van der Waals surface area contributed by atoms with Gasteiger partial charge in [0.25, 0.3) is 0 Å². The van der Waals surface area contributed by atoms with E-state index in [2.05, 4.69) is 13.8 Å². The Balaban J connectivity index is 2.43. The first-order valence-electron chi connectivity index (χ1n) is 6.10. The Morgan fingerprint density at radius 1 is 1.39 bits per heavy atom. The maximum Gasteiger partial charge on any atom is 0.172 e. The summed E-state index contributed by atoms with van der Waals surface area (Å²) in [6, 6.07) is 5.23. The van der Waals surface area contributed by atoms with Crippen LogP contribution in [0.2, 0.25) is 0 Å². The van der Waals surface area contributed by atoms with Gasteiger partial charge >= 0.3 is 0 Å². The molecule has 0 radical (unpaired) electrons. The Bertz CT molecular complexity index is 479. The van der Waals surface area contributed by atoms with Crippen molar-refractivity contribution in [2.75, 3.05) is 7.11 Å². The van der Waals surface area contributed by atoms with Crippen LogP contribution in [0.3, 0.4) is 0 Å². The molecule has 3 heteroatoms. The molecule has 2 rings (SSSR count). The summed E-state index contributed by atoms with van der Waals surface area (Å²) in [6.07, 6.45) is 3.72. The van der Waals surface area contributed by atoms with E-state index in [1.54, 1.807) is 12.1 Å². The Hall–Kier alpha value is -1.02. The molecule has 1 nitrogen and oxygen atoms in total. The molecule has 1 unspecified atom stereocenters. The van der Waals surface area contributed by atoms with Crippen LogP contribution in [-0.2, 0) is 0 Å². The van der Waals surface area contributed by atoms with E-state index in [1.807, 2.05) is 12.1 Å². The largest absolute Gasteiger partial charge is 0.494 e. The quantitative estimate of drug-likeness (QED) is 0.710. The van der Waals surface area contributed by atoms with Crippen LogP contribution >= 0.6 is 11.6 Å². The van der Waals surface area contributed by atoms with Gasteiger partial charge in [0.05, 0.1) is 12.5 Å². The first-order chi connectivity index (χ1) is 8.43. The molecule has 0 saturated carbocycles. The maximum absolute atomic E-state index is 14.2. The van der Waals surface area contributed by atoms with Crippen molar-refractivity contribution in [3.8, 4) is 5.75 Å². The minimum atomic E-state index is -0.298. The van der Waals surface area contributed by atoms with E-state index >= 15 is 0 Å². The Labute approximate surface area is 113 Å². The van der Waals surface area contributed by atoms with Gasteiger partial charge in [0, 0.05) is 5.56 Å². The van der Waals surface area contributed by atoms with Crippen molar-refractivity contribution in [3.63, 3.8) is 0 Å². The number of rotatable bonds is 2. The van der Waals surface area contributed by atoms with Crippen LogP contribution in [0, 0.1) is 11.2 Å². The van der Waals surface area contributed by atoms with Crippen LogP contribution < -0.4 is 4.74 Å². The van der Waals surface area contributed by atoms with E-state index < -0.39 is 0 Å². The summed E-state index contributed by atoms with van der Waals surface area (Å²) in [7, 11) is 1.48. The Morgan fingerprint density at radius 2 is 2.11 bits per heavy atom. The third-order valence-electron chi connectivity index (χ3n) is 3.33. The van der Waals surface area contributed by atoms with E-state index in [0.29, 0.717) is 5.56 Å². The second-order valence-electron chi connectivity index (χ2n) is 5.57. The van der Waals surface area contributed by atoms with Crippen molar-refractivity contribution in [1.82, 2.24) is 0 Å².